The van der Waals surface area contributed by atoms with E-state index >= 15 is 0 Å². The van der Waals surface area contributed by atoms with Gasteiger partial charge in [0.15, 0.2) is 5.52 Å². The summed E-state index contributed by atoms with van der Waals surface area (Å²) in [6.07, 6.45) is -2.16. The molecule has 1 N–H and O–H groups in total. The van der Waals surface area contributed by atoms with Crippen LogP contribution in [0, 0.1) is 6.92 Å². The number of aryl methyl sites for hydroxylation is 2. The van der Waals surface area contributed by atoms with Crippen molar-refractivity contribution in [3.05, 3.63) is 81.9 Å². The number of nitrogens with one attached hydrogen (secondary N) is 1. The number of fused-ring (bicyclic) bond motifs is 1. The number of rotatable bonds is 8. The second-order valence-corrected chi connectivity index (χ2v) is 8.22. The molecule has 11 heteroatoms. The molecule has 36 heavy (non-hydrogen) atoms. The zero-order valence-corrected chi connectivity index (χ0v) is 19.7. The van der Waals surface area contributed by atoms with Crippen molar-refractivity contribution < 1.29 is 22.7 Å². The van der Waals surface area contributed by atoms with Crippen molar-refractivity contribution in [3.63, 3.8) is 0 Å². The van der Waals surface area contributed by atoms with Crippen LogP contribution in [0.15, 0.2) is 59.5 Å². The predicted octanol–water partition coefficient (Wildman–Crippen LogP) is 4.01. The number of halogens is 3. The Morgan fingerprint density at radius 1 is 1.06 bits per heavy atom. The van der Waals surface area contributed by atoms with E-state index in [0.29, 0.717) is 28.8 Å². The topological polar surface area (TPSA) is 91.0 Å². The summed E-state index contributed by atoms with van der Waals surface area (Å²) in [5, 5.41) is 12.1. The van der Waals surface area contributed by atoms with Gasteiger partial charge in [-0.05, 0) is 55.3 Å². The summed E-state index contributed by atoms with van der Waals surface area (Å²) in [4.78, 5) is 25.1. The van der Waals surface area contributed by atoms with Crippen LogP contribution in [0.4, 0.5) is 13.2 Å². The summed E-state index contributed by atoms with van der Waals surface area (Å²) in [7, 11) is 1.58. The number of methoxy groups -OCH3 is 1. The van der Waals surface area contributed by atoms with Gasteiger partial charge in [0, 0.05) is 31.1 Å². The average molecular weight is 499 g/mol. The maximum absolute atomic E-state index is 12.9. The fraction of sp³-hybridized carbons (Fsp3) is 0.280. The summed E-state index contributed by atoms with van der Waals surface area (Å²) >= 11 is 0. The molecule has 0 radical (unpaired) electrons. The minimum absolute atomic E-state index is 0.114. The molecule has 0 aliphatic carbocycles. The second-order valence-electron chi connectivity index (χ2n) is 8.22. The molecule has 4 rings (SSSR count). The molecule has 0 spiro atoms. The largest absolute Gasteiger partial charge is 0.497 e. The number of nitrogens with zero attached hydrogens (tertiary/aromatic N) is 4. The first-order chi connectivity index (χ1) is 17.2. The lowest BCUT2D eigenvalue weighted by atomic mass is 10.1. The van der Waals surface area contributed by atoms with Crippen LogP contribution in [0.25, 0.3) is 16.6 Å². The van der Waals surface area contributed by atoms with Crippen molar-refractivity contribution in [2.24, 2.45) is 0 Å². The highest BCUT2D eigenvalue weighted by atomic mass is 19.4. The monoisotopic (exact) mass is 499 g/mol. The third-order valence-electron chi connectivity index (χ3n) is 5.69. The fourth-order valence-electron chi connectivity index (χ4n) is 3.71. The standard InChI is InChI=1S/C25H24F3N5O3/c1-16-21-15-33(19-9-11-20(36-2)12-10-19)31-23(21)24(35)32(30-16)13-3-4-22(34)29-14-17-5-7-18(8-6-17)25(26,27)28/h5-12,15H,3-4,13-14H2,1-2H3,(H,29,34). The number of hydrogen-bond donors (Lipinski definition) is 1. The molecule has 188 valence electrons. The average Bonchev–Trinajstić information content (AvgIpc) is 3.32. The van der Waals surface area contributed by atoms with E-state index in [-0.39, 0.29) is 36.5 Å². The maximum Gasteiger partial charge on any atom is 0.416 e. The van der Waals surface area contributed by atoms with Crippen LogP contribution in [0.3, 0.4) is 0 Å². The predicted molar refractivity (Wildman–Crippen MR) is 127 cm³/mol. The van der Waals surface area contributed by atoms with Gasteiger partial charge in [0.05, 0.1) is 24.1 Å². The molecular weight excluding hydrogens is 475 g/mol. The van der Waals surface area contributed by atoms with Gasteiger partial charge in [-0.25, -0.2) is 9.36 Å². The van der Waals surface area contributed by atoms with E-state index in [4.69, 9.17) is 4.74 Å². The third kappa shape index (κ3) is 5.56. The van der Waals surface area contributed by atoms with Gasteiger partial charge in [0.2, 0.25) is 5.91 Å². The van der Waals surface area contributed by atoms with Crippen molar-refractivity contribution >= 4 is 16.8 Å². The molecular formula is C25H24F3N5O3. The maximum atomic E-state index is 12.9. The van der Waals surface area contributed by atoms with E-state index < -0.39 is 11.7 Å². The highest BCUT2D eigenvalue weighted by Crippen LogP contribution is 2.29. The molecule has 0 unspecified atom stereocenters. The highest BCUT2D eigenvalue weighted by molar-refractivity contribution is 5.79. The highest BCUT2D eigenvalue weighted by Gasteiger charge is 2.29. The summed E-state index contributed by atoms with van der Waals surface area (Å²) in [5.74, 6) is 0.434. The van der Waals surface area contributed by atoms with E-state index in [1.54, 1.807) is 37.0 Å². The van der Waals surface area contributed by atoms with Gasteiger partial charge in [-0.2, -0.15) is 23.4 Å². The van der Waals surface area contributed by atoms with Crippen LogP contribution < -0.4 is 15.6 Å². The number of amides is 1. The molecule has 2 aromatic carbocycles. The molecule has 2 aromatic heterocycles. The van der Waals surface area contributed by atoms with Crippen LogP contribution in [-0.2, 0) is 24.1 Å². The molecule has 0 fully saturated rings. The minimum Gasteiger partial charge on any atom is -0.497 e. The Bertz CT molecular complexity index is 1430. The minimum atomic E-state index is -4.40. The Balaban J connectivity index is 1.36. The number of benzene rings is 2. The number of carbonyl (C=O) groups excluding carboxylic acids is 1. The molecule has 0 saturated heterocycles. The van der Waals surface area contributed by atoms with E-state index in [2.05, 4.69) is 15.5 Å². The van der Waals surface area contributed by atoms with Gasteiger partial charge in [-0.15, -0.1) is 0 Å². The molecule has 8 nitrogen and oxygen atoms in total. The first kappa shape index (κ1) is 25.0. The van der Waals surface area contributed by atoms with Gasteiger partial charge in [-0.1, -0.05) is 12.1 Å². The number of hydrogen-bond acceptors (Lipinski definition) is 5. The van der Waals surface area contributed by atoms with E-state index in [0.717, 1.165) is 17.8 Å². The van der Waals surface area contributed by atoms with Gasteiger partial charge in [-0.3, -0.25) is 9.59 Å². The summed E-state index contributed by atoms with van der Waals surface area (Å²) in [6, 6.07) is 11.9. The third-order valence-corrected chi connectivity index (χ3v) is 5.69. The van der Waals surface area contributed by atoms with E-state index in [9.17, 15) is 22.8 Å². The second kappa shape index (κ2) is 10.2. The van der Waals surface area contributed by atoms with Gasteiger partial charge in [0.25, 0.3) is 5.56 Å². The van der Waals surface area contributed by atoms with Crippen LogP contribution >= 0.6 is 0 Å². The molecule has 0 aliphatic heterocycles. The quantitative estimate of drug-likeness (QED) is 0.396. The first-order valence-corrected chi connectivity index (χ1v) is 11.2. The van der Waals surface area contributed by atoms with Crippen molar-refractivity contribution in [3.8, 4) is 11.4 Å². The van der Waals surface area contributed by atoms with Crippen LogP contribution in [0.1, 0.15) is 29.7 Å². The van der Waals surface area contributed by atoms with Crippen molar-refractivity contribution in [1.82, 2.24) is 24.9 Å². The number of alkyl halides is 3. The lowest BCUT2D eigenvalue weighted by Crippen LogP contribution is -2.26. The van der Waals surface area contributed by atoms with Crippen molar-refractivity contribution in [1.29, 1.82) is 0 Å². The molecule has 0 saturated carbocycles. The summed E-state index contributed by atoms with van der Waals surface area (Å²) < 4.78 is 46.0. The van der Waals surface area contributed by atoms with Gasteiger partial charge in [0.1, 0.15) is 5.75 Å². The van der Waals surface area contributed by atoms with E-state index in [1.807, 2.05) is 12.1 Å². The molecule has 4 aromatic rings. The lowest BCUT2D eigenvalue weighted by molar-refractivity contribution is -0.137. The Morgan fingerprint density at radius 3 is 2.39 bits per heavy atom. The van der Waals surface area contributed by atoms with Crippen molar-refractivity contribution in [2.75, 3.05) is 7.11 Å². The SMILES string of the molecule is COc1ccc(-n2cc3c(C)nn(CCCC(=O)NCc4ccc(C(F)(F)F)cc4)c(=O)c3n2)cc1. The molecule has 0 aliphatic rings. The number of carbonyl (C=O) groups is 1. The summed E-state index contributed by atoms with van der Waals surface area (Å²) in [5.41, 5.74) is 1.15. The molecule has 0 atom stereocenters. The van der Waals surface area contributed by atoms with Gasteiger partial charge >= 0.3 is 6.18 Å². The zero-order valence-electron chi connectivity index (χ0n) is 19.7. The Morgan fingerprint density at radius 2 is 1.75 bits per heavy atom. The number of ether oxygens (including phenoxy) is 1. The van der Waals surface area contributed by atoms with Crippen LogP contribution in [0.2, 0.25) is 0 Å². The van der Waals surface area contributed by atoms with Crippen LogP contribution in [-0.4, -0.2) is 32.6 Å². The Hall–Kier alpha value is -4.15. The van der Waals surface area contributed by atoms with Gasteiger partial charge < -0.3 is 10.1 Å². The first-order valence-electron chi connectivity index (χ1n) is 11.2. The Labute approximate surface area is 204 Å². The normalized spacial score (nSPS) is 11.6. The van der Waals surface area contributed by atoms with E-state index in [1.165, 1.54) is 16.8 Å². The lowest BCUT2D eigenvalue weighted by Gasteiger charge is -2.09. The Kier molecular flexibility index (Phi) is 7.09. The molecule has 1 amide bonds. The zero-order chi connectivity index (χ0) is 25.9. The fourth-order valence-corrected chi connectivity index (χ4v) is 3.71. The smallest absolute Gasteiger partial charge is 0.416 e. The molecule has 2 heterocycles. The number of aromatic nitrogens is 4. The van der Waals surface area contributed by atoms with Crippen molar-refractivity contribution in [2.45, 2.75) is 39.0 Å². The van der Waals surface area contributed by atoms with Crippen LogP contribution in [0.5, 0.6) is 5.75 Å². The summed E-state index contributed by atoms with van der Waals surface area (Å²) in [6.45, 7) is 2.12. The molecule has 0 bridgehead atoms.